The van der Waals surface area contributed by atoms with Crippen LogP contribution in [0.2, 0.25) is 0 Å². The molecule has 0 heterocycles. The van der Waals surface area contributed by atoms with Gasteiger partial charge in [-0.3, -0.25) is 0 Å². The van der Waals surface area contributed by atoms with Crippen molar-refractivity contribution < 1.29 is 9.05 Å². The van der Waals surface area contributed by atoms with E-state index in [0.717, 1.165) is 22.6 Å². The van der Waals surface area contributed by atoms with Crippen LogP contribution in [-0.4, -0.2) is 0 Å². The van der Waals surface area contributed by atoms with Crippen molar-refractivity contribution in [3.05, 3.63) is 23.3 Å². The molecule has 0 N–H and O–H groups in total. The van der Waals surface area contributed by atoms with Crippen LogP contribution in [0.4, 0.5) is 0 Å². The van der Waals surface area contributed by atoms with Crippen LogP contribution in [0, 0.1) is 13.8 Å². The molecule has 1 aromatic carbocycles. The van der Waals surface area contributed by atoms with E-state index in [-0.39, 0.29) is 0 Å². The van der Waals surface area contributed by atoms with Gasteiger partial charge in [0.2, 0.25) is 0 Å². The van der Waals surface area contributed by atoms with Gasteiger partial charge in [-0.1, -0.05) is 0 Å². The van der Waals surface area contributed by atoms with Crippen LogP contribution in [0.25, 0.3) is 0 Å². The lowest BCUT2D eigenvalue weighted by molar-refractivity contribution is 0.611. The summed E-state index contributed by atoms with van der Waals surface area (Å²) in [5, 5.41) is 0. The molecule has 0 aliphatic rings. The van der Waals surface area contributed by atoms with Crippen molar-refractivity contribution in [3.8, 4) is 11.5 Å². The monoisotopic (exact) mass is 202 g/mol. The largest absolute Gasteiger partial charge is 0.480 e. The number of benzene rings is 1. The van der Waals surface area contributed by atoms with Crippen molar-refractivity contribution in [2.45, 2.75) is 13.8 Å². The molecule has 0 aliphatic carbocycles. The molecule has 0 spiro atoms. The zero-order valence-electron chi connectivity index (χ0n) is 7.13. The molecule has 0 saturated carbocycles. The summed E-state index contributed by atoms with van der Waals surface area (Å²) < 4.78 is 10.1. The molecule has 2 nitrogen and oxygen atoms in total. The second kappa shape index (κ2) is 4.07. The Bertz CT molecular complexity index is 287. The predicted molar refractivity (Wildman–Crippen MR) is 56.6 cm³/mol. The Morgan fingerprint density at radius 2 is 1.75 bits per heavy atom. The molecular weight excluding hydrogens is 190 g/mol. The van der Waals surface area contributed by atoms with Gasteiger partial charge in [-0.15, -0.1) is 0 Å². The number of hydrogen-bond acceptors (Lipinski definition) is 2. The second-order valence-corrected chi connectivity index (χ2v) is 3.07. The van der Waals surface area contributed by atoms with Crippen LogP contribution < -0.4 is 9.05 Å². The molecule has 0 aromatic heterocycles. The summed E-state index contributed by atoms with van der Waals surface area (Å²) in [5.41, 5.74) is 2.29. The minimum Gasteiger partial charge on any atom is -0.480 e. The van der Waals surface area contributed by atoms with Crippen LogP contribution in [0.5, 0.6) is 11.5 Å². The minimum atomic E-state index is 0.792. The Morgan fingerprint density at radius 1 is 1.08 bits per heavy atom. The van der Waals surface area contributed by atoms with Crippen LogP contribution in [0.15, 0.2) is 12.1 Å². The lowest BCUT2D eigenvalue weighted by atomic mass is 10.1. The molecule has 0 fully saturated rings. The molecule has 0 radical (unpaired) electrons. The fourth-order valence-electron chi connectivity index (χ4n) is 0.986. The standard InChI is InChI=1S/C8H12O2P2/c1-5-3-7(9-11)4-8(10-12)6(5)2/h3-4H,11-12H2,1-2H3. The van der Waals surface area contributed by atoms with Crippen molar-refractivity contribution in [1.29, 1.82) is 0 Å². The van der Waals surface area contributed by atoms with Gasteiger partial charge in [-0.2, -0.15) is 0 Å². The maximum absolute atomic E-state index is 5.10. The van der Waals surface area contributed by atoms with Gasteiger partial charge in [-0.25, -0.2) is 0 Å². The first-order valence-electron chi connectivity index (χ1n) is 3.53. The maximum atomic E-state index is 5.10. The van der Waals surface area contributed by atoms with Gasteiger partial charge in [0, 0.05) is 6.07 Å². The lowest BCUT2D eigenvalue weighted by Gasteiger charge is -2.09. The number of hydrogen-bond donors (Lipinski definition) is 0. The average molecular weight is 202 g/mol. The Hall–Kier alpha value is -0.320. The van der Waals surface area contributed by atoms with E-state index < -0.39 is 0 Å². The quantitative estimate of drug-likeness (QED) is 0.686. The van der Waals surface area contributed by atoms with E-state index in [1.54, 1.807) is 0 Å². The Labute approximate surface area is 77.2 Å². The van der Waals surface area contributed by atoms with Gasteiger partial charge in [0.25, 0.3) is 0 Å². The molecule has 1 aromatic rings. The van der Waals surface area contributed by atoms with E-state index in [2.05, 4.69) is 18.9 Å². The molecule has 2 unspecified atom stereocenters. The highest BCUT2D eigenvalue weighted by Crippen LogP contribution is 2.29. The van der Waals surface area contributed by atoms with Crippen molar-refractivity contribution >= 4 is 18.9 Å². The van der Waals surface area contributed by atoms with Gasteiger partial charge in [0.05, 0.1) is 18.9 Å². The van der Waals surface area contributed by atoms with Gasteiger partial charge < -0.3 is 9.05 Å². The Morgan fingerprint density at radius 3 is 2.25 bits per heavy atom. The summed E-state index contributed by atoms with van der Waals surface area (Å²) in [6.45, 7) is 4.04. The molecule has 0 bridgehead atoms. The first kappa shape index (κ1) is 9.77. The van der Waals surface area contributed by atoms with E-state index in [0.29, 0.717) is 0 Å². The zero-order valence-corrected chi connectivity index (χ0v) is 9.44. The summed E-state index contributed by atoms with van der Waals surface area (Å²) in [6, 6.07) is 3.82. The third kappa shape index (κ3) is 1.88. The van der Waals surface area contributed by atoms with Crippen molar-refractivity contribution in [2.75, 3.05) is 0 Å². The molecule has 1 rings (SSSR count). The van der Waals surface area contributed by atoms with E-state index in [9.17, 15) is 0 Å². The highest BCUT2D eigenvalue weighted by Gasteiger charge is 2.03. The van der Waals surface area contributed by atoms with E-state index in [1.807, 2.05) is 26.0 Å². The molecule has 0 aliphatic heterocycles. The molecule has 4 heteroatoms. The topological polar surface area (TPSA) is 18.5 Å². The molecule has 0 saturated heterocycles. The molecular formula is C8H12O2P2. The average Bonchev–Trinajstić information content (AvgIpc) is 2.09. The van der Waals surface area contributed by atoms with Gasteiger partial charge in [0.15, 0.2) is 0 Å². The SMILES string of the molecule is Cc1cc(OP)cc(OP)c1C. The number of aryl methyl sites for hydroxylation is 1. The fourth-order valence-corrected chi connectivity index (χ4v) is 1.37. The van der Waals surface area contributed by atoms with Crippen LogP contribution in [0.1, 0.15) is 11.1 Å². The van der Waals surface area contributed by atoms with Crippen LogP contribution >= 0.6 is 18.9 Å². The van der Waals surface area contributed by atoms with E-state index >= 15 is 0 Å². The van der Waals surface area contributed by atoms with Crippen molar-refractivity contribution in [2.24, 2.45) is 0 Å². The Kier molecular flexibility index (Phi) is 3.31. The minimum absolute atomic E-state index is 0.792. The highest BCUT2D eigenvalue weighted by molar-refractivity contribution is 7.10. The van der Waals surface area contributed by atoms with E-state index in [4.69, 9.17) is 9.05 Å². The zero-order chi connectivity index (χ0) is 9.14. The Balaban J connectivity index is 3.19. The summed E-state index contributed by atoms with van der Waals surface area (Å²) in [4.78, 5) is 0. The molecule has 66 valence electrons. The van der Waals surface area contributed by atoms with Crippen molar-refractivity contribution in [1.82, 2.24) is 0 Å². The normalized spacial score (nSPS) is 9.67. The summed E-state index contributed by atoms with van der Waals surface area (Å²) in [6.07, 6.45) is 0. The van der Waals surface area contributed by atoms with Gasteiger partial charge in [-0.05, 0) is 31.0 Å². The van der Waals surface area contributed by atoms with Gasteiger partial charge in [0.1, 0.15) is 11.5 Å². The first-order chi connectivity index (χ1) is 5.69. The van der Waals surface area contributed by atoms with Crippen LogP contribution in [-0.2, 0) is 0 Å². The number of rotatable bonds is 2. The molecule has 2 atom stereocenters. The molecule has 0 amide bonds. The van der Waals surface area contributed by atoms with Crippen molar-refractivity contribution in [3.63, 3.8) is 0 Å². The summed E-state index contributed by atoms with van der Waals surface area (Å²) in [7, 11) is 4.44. The first-order valence-corrected chi connectivity index (χ1v) is 4.48. The lowest BCUT2D eigenvalue weighted by Crippen LogP contribution is -1.87. The highest BCUT2D eigenvalue weighted by atomic mass is 31.0. The third-order valence-electron chi connectivity index (χ3n) is 1.86. The smallest absolute Gasteiger partial charge is 0.129 e. The summed E-state index contributed by atoms with van der Waals surface area (Å²) in [5.74, 6) is 1.62. The second-order valence-electron chi connectivity index (χ2n) is 2.60. The van der Waals surface area contributed by atoms with E-state index in [1.165, 1.54) is 0 Å². The fraction of sp³-hybridized carbons (Fsp3) is 0.250. The van der Waals surface area contributed by atoms with Crippen LogP contribution in [0.3, 0.4) is 0 Å². The summed E-state index contributed by atoms with van der Waals surface area (Å²) >= 11 is 0. The maximum Gasteiger partial charge on any atom is 0.129 e. The third-order valence-corrected chi connectivity index (χ3v) is 2.38. The predicted octanol–water partition coefficient (Wildman–Crippen LogP) is 2.64. The van der Waals surface area contributed by atoms with Gasteiger partial charge >= 0.3 is 0 Å². The molecule has 12 heavy (non-hydrogen) atoms.